The van der Waals surface area contributed by atoms with Crippen molar-refractivity contribution in [1.29, 1.82) is 0 Å². The van der Waals surface area contributed by atoms with Crippen molar-refractivity contribution < 1.29 is 9.53 Å². The molecule has 22 heavy (non-hydrogen) atoms. The predicted molar refractivity (Wildman–Crippen MR) is 87.6 cm³/mol. The van der Waals surface area contributed by atoms with Gasteiger partial charge in [-0.15, -0.1) is 0 Å². The van der Waals surface area contributed by atoms with Crippen LogP contribution in [0.5, 0.6) is 0 Å². The number of para-hydroxylation sites is 2. The summed E-state index contributed by atoms with van der Waals surface area (Å²) in [6.45, 7) is 11.3. The number of rotatable bonds is 7. The Morgan fingerprint density at radius 3 is 2.86 bits per heavy atom. The van der Waals surface area contributed by atoms with Gasteiger partial charge >= 0.3 is 0 Å². The van der Waals surface area contributed by atoms with Gasteiger partial charge in [-0.1, -0.05) is 18.7 Å². The van der Waals surface area contributed by atoms with E-state index >= 15 is 0 Å². The smallest absolute Gasteiger partial charge is 0.246 e. The SMILES string of the molecule is C=C(C)C(=O)NC(C)c1nc2ccccc2n1CCOCC. The number of carbonyl (C=O) groups is 1. The van der Waals surface area contributed by atoms with Crippen LogP contribution in [0.4, 0.5) is 0 Å². The molecular formula is C17H23N3O2. The van der Waals surface area contributed by atoms with Crippen molar-refractivity contribution >= 4 is 16.9 Å². The van der Waals surface area contributed by atoms with E-state index in [1.165, 1.54) is 0 Å². The Labute approximate surface area is 131 Å². The van der Waals surface area contributed by atoms with E-state index in [-0.39, 0.29) is 11.9 Å². The van der Waals surface area contributed by atoms with Crippen LogP contribution in [0.25, 0.3) is 11.0 Å². The van der Waals surface area contributed by atoms with Gasteiger partial charge in [0.15, 0.2) is 0 Å². The second-order valence-electron chi connectivity index (χ2n) is 5.28. The number of amides is 1. The van der Waals surface area contributed by atoms with Gasteiger partial charge in [0, 0.05) is 18.7 Å². The summed E-state index contributed by atoms with van der Waals surface area (Å²) < 4.78 is 7.57. The number of fused-ring (bicyclic) bond motifs is 1. The van der Waals surface area contributed by atoms with Crippen LogP contribution < -0.4 is 5.32 Å². The van der Waals surface area contributed by atoms with Crippen molar-refractivity contribution in [1.82, 2.24) is 14.9 Å². The van der Waals surface area contributed by atoms with Crippen LogP contribution >= 0.6 is 0 Å². The molecule has 1 atom stereocenters. The molecule has 0 fully saturated rings. The van der Waals surface area contributed by atoms with Gasteiger partial charge < -0.3 is 14.6 Å². The van der Waals surface area contributed by atoms with E-state index in [1.54, 1.807) is 6.92 Å². The second kappa shape index (κ2) is 7.22. The molecule has 1 heterocycles. The lowest BCUT2D eigenvalue weighted by molar-refractivity contribution is -0.118. The number of hydrogen-bond acceptors (Lipinski definition) is 3. The van der Waals surface area contributed by atoms with E-state index in [2.05, 4.69) is 21.4 Å². The van der Waals surface area contributed by atoms with Gasteiger partial charge in [-0.3, -0.25) is 4.79 Å². The molecule has 5 nitrogen and oxygen atoms in total. The van der Waals surface area contributed by atoms with Gasteiger partial charge in [0.05, 0.1) is 23.7 Å². The van der Waals surface area contributed by atoms with Crippen LogP contribution in [-0.2, 0) is 16.1 Å². The second-order valence-corrected chi connectivity index (χ2v) is 5.28. The zero-order chi connectivity index (χ0) is 16.1. The lowest BCUT2D eigenvalue weighted by Gasteiger charge is -2.16. The molecule has 1 aromatic heterocycles. The number of carbonyl (C=O) groups excluding carboxylic acids is 1. The fraction of sp³-hybridized carbons (Fsp3) is 0.412. The molecule has 1 unspecified atom stereocenters. The highest BCUT2D eigenvalue weighted by molar-refractivity contribution is 5.92. The summed E-state index contributed by atoms with van der Waals surface area (Å²) in [5.41, 5.74) is 2.46. The molecule has 0 aliphatic heterocycles. The van der Waals surface area contributed by atoms with Crippen molar-refractivity contribution in [2.24, 2.45) is 0 Å². The molecule has 0 saturated heterocycles. The fourth-order valence-electron chi connectivity index (χ4n) is 2.34. The molecule has 0 spiro atoms. The number of imidazole rings is 1. The minimum Gasteiger partial charge on any atom is -0.380 e. The maximum Gasteiger partial charge on any atom is 0.246 e. The van der Waals surface area contributed by atoms with Gasteiger partial charge in [-0.05, 0) is 32.9 Å². The number of ether oxygens (including phenoxy) is 1. The Bertz CT molecular complexity index is 676. The third-order valence-corrected chi connectivity index (χ3v) is 3.47. The average molecular weight is 301 g/mol. The molecular weight excluding hydrogens is 278 g/mol. The first kappa shape index (κ1) is 16.2. The maximum atomic E-state index is 11.8. The maximum absolute atomic E-state index is 11.8. The zero-order valence-electron chi connectivity index (χ0n) is 13.4. The lowest BCUT2D eigenvalue weighted by atomic mass is 10.2. The summed E-state index contributed by atoms with van der Waals surface area (Å²) in [6, 6.07) is 7.76. The number of aromatic nitrogens is 2. The van der Waals surface area contributed by atoms with Crippen LogP contribution in [0, 0.1) is 0 Å². The van der Waals surface area contributed by atoms with Crippen LogP contribution in [0.2, 0.25) is 0 Å². The lowest BCUT2D eigenvalue weighted by Crippen LogP contribution is -2.29. The first-order chi connectivity index (χ1) is 10.5. The van der Waals surface area contributed by atoms with E-state index in [0.29, 0.717) is 25.3 Å². The summed E-state index contributed by atoms with van der Waals surface area (Å²) in [7, 11) is 0. The summed E-state index contributed by atoms with van der Waals surface area (Å²) >= 11 is 0. The Hall–Kier alpha value is -2.14. The first-order valence-corrected chi connectivity index (χ1v) is 7.53. The van der Waals surface area contributed by atoms with E-state index in [9.17, 15) is 4.79 Å². The molecule has 0 aliphatic rings. The minimum atomic E-state index is -0.196. The van der Waals surface area contributed by atoms with Gasteiger partial charge in [0.25, 0.3) is 0 Å². The quantitative estimate of drug-likeness (QED) is 0.632. The molecule has 0 aliphatic carbocycles. The highest BCUT2D eigenvalue weighted by atomic mass is 16.5. The number of nitrogens with one attached hydrogen (secondary N) is 1. The molecule has 0 radical (unpaired) electrons. The summed E-state index contributed by atoms with van der Waals surface area (Å²) in [6.07, 6.45) is 0. The largest absolute Gasteiger partial charge is 0.380 e. The van der Waals surface area contributed by atoms with E-state index in [4.69, 9.17) is 4.74 Å². The van der Waals surface area contributed by atoms with Crippen molar-refractivity contribution in [2.75, 3.05) is 13.2 Å². The summed E-state index contributed by atoms with van der Waals surface area (Å²) in [4.78, 5) is 16.5. The van der Waals surface area contributed by atoms with Gasteiger partial charge in [0.2, 0.25) is 5.91 Å². The van der Waals surface area contributed by atoms with E-state index in [0.717, 1.165) is 16.9 Å². The van der Waals surface area contributed by atoms with Crippen molar-refractivity contribution in [3.05, 3.63) is 42.2 Å². The third-order valence-electron chi connectivity index (χ3n) is 3.47. The molecule has 118 valence electrons. The highest BCUT2D eigenvalue weighted by Crippen LogP contribution is 2.21. The monoisotopic (exact) mass is 301 g/mol. The Kier molecular flexibility index (Phi) is 5.33. The number of hydrogen-bond donors (Lipinski definition) is 1. The zero-order valence-corrected chi connectivity index (χ0v) is 13.4. The normalized spacial score (nSPS) is 12.3. The first-order valence-electron chi connectivity index (χ1n) is 7.53. The molecule has 1 amide bonds. The van der Waals surface area contributed by atoms with E-state index < -0.39 is 0 Å². The molecule has 5 heteroatoms. The highest BCUT2D eigenvalue weighted by Gasteiger charge is 2.18. The molecule has 2 aromatic rings. The van der Waals surface area contributed by atoms with Gasteiger partial charge in [-0.25, -0.2) is 4.98 Å². The molecule has 0 saturated carbocycles. The van der Waals surface area contributed by atoms with Gasteiger partial charge in [0.1, 0.15) is 5.82 Å². The minimum absolute atomic E-state index is 0.157. The average Bonchev–Trinajstić information content (AvgIpc) is 2.86. The number of nitrogens with zero attached hydrogens (tertiary/aromatic N) is 2. The third kappa shape index (κ3) is 3.54. The van der Waals surface area contributed by atoms with Crippen molar-refractivity contribution in [3.8, 4) is 0 Å². The number of benzene rings is 1. The molecule has 0 bridgehead atoms. The fourth-order valence-corrected chi connectivity index (χ4v) is 2.34. The standard InChI is InChI=1S/C17H23N3O2/c1-5-22-11-10-20-15-9-7-6-8-14(15)19-16(20)13(4)18-17(21)12(2)3/h6-9,13H,2,5,10-11H2,1,3-4H3,(H,18,21). The van der Waals surface area contributed by atoms with Crippen LogP contribution in [0.15, 0.2) is 36.4 Å². The topological polar surface area (TPSA) is 56.2 Å². The van der Waals surface area contributed by atoms with Crippen LogP contribution in [0.1, 0.15) is 32.6 Å². The Morgan fingerprint density at radius 2 is 2.18 bits per heavy atom. The summed E-state index contributed by atoms with van der Waals surface area (Å²) in [5, 5.41) is 2.92. The van der Waals surface area contributed by atoms with Crippen LogP contribution in [0.3, 0.4) is 0 Å². The Balaban J connectivity index is 2.32. The predicted octanol–water partition coefficient (Wildman–Crippen LogP) is 2.83. The summed E-state index contributed by atoms with van der Waals surface area (Å²) in [5.74, 6) is 0.673. The van der Waals surface area contributed by atoms with Crippen LogP contribution in [-0.4, -0.2) is 28.7 Å². The van der Waals surface area contributed by atoms with Gasteiger partial charge in [-0.2, -0.15) is 0 Å². The molecule has 2 rings (SSSR count). The Morgan fingerprint density at radius 1 is 1.45 bits per heavy atom. The molecule has 1 aromatic carbocycles. The van der Waals surface area contributed by atoms with Crippen molar-refractivity contribution in [3.63, 3.8) is 0 Å². The molecule has 1 N–H and O–H groups in total. The van der Waals surface area contributed by atoms with Crippen molar-refractivity contribution in [2.45, 2.75) is 33.4 Å². The van der Waals surface area contributed by atoms with E-state index in [1.807, 2.05) is 38.1 Å².